The first-order valence-corrected chi connectivity index (χ1v) is 7.23. The highest BCUT2D eigenvalue weighted by atomic mass is 19.1. The standard InChI is InChI=1S/C14H15FN6O/c15-10-4-9-5-17-12(19-11(9)16-6-10)21-3-1-2-14(8-21)7-18-13(22)20-14/h4-6H,1-3,7-8H2,(H2,18,20,22). The van der Waals surface area contributed by atoms with E-state index in [-0.39, 0.29) is 11.6 Å². The lowest BCUT2D eigenvalue weighted by molar-refractivity contribution is 0.241. The van der Waals surface area contributed by atoms with Crippen molar-refractivity contribution in [2.75, 3.05) is 24.5 Å². The van der Waals surface area contributed by atoms with Gasteiger partial charge in [-0.1, -0.05) is 0 Å². The zero-order valence-corrected chi connectivity index (χ0v) is 11.8. The van der Waals surface area contributed by atoms with Crippen LogP contribution < -0.4 is 15.5 Å². The maximum Gasteiger partial charge on any atom is 0.315 e. The fourth-order valence-corrected chi connectivity index (χ4v) is 3.17. The number of rotatable bonds is 1. The molecule has 1 unspecified atom stereocenters. The van der Waals surface area contributed by atoms with Crippen molar-refractivity contribution in [3.05, 3.63) is 24.3 Å². The van der Waals surface area contributed by atoms with Crippen molar-refractivity contribution >= 4 is 23.0 Å². The molecule has 2 aromatic rings. The Hall–Kier alpha value is -2.51. The molecule has 4 heterocycles. The molecule has 2 saturated heterocycles. The largest absolute Gasteiger partial charge is 0.338 e. The van der Waals surface area contributed by atoms with Crippen molar-refractivity contribution in [2.45, 2.75) is 18.4 Å². The van der Waals surface area contributed by atoms with Gasteiger partial charge in [-0.15, -0.1) is 0 Å². The number of amides is 2. The summed E-state index contributed by atoms with van der Waals surface area (Å²) in [6, 6.07) is 1.24. The zero-order chi connectivity index (χ0) is 15.2. The van der Waals surface area contributed by atoms with Gasteiger partial charge in [0.05, 0.1) is 11.7 Å². The van der Waals surface area contributed by atoms with Crippen molar-refractivity contribution in [2.24, 2.45) is 0 Å². The van der Waals surface area contributed by atoms with Crippen LogP contribution in [0, 0.1) is 5.82 Å². The molecule has 2 N–H and O–H groups in total. The quantitative estimate of drug-likeness (QED) is 0.815. The van der Waals surface area contributed by atoms with Crippen molar-refractivity contribution < 1.29 is 9.18 Å². The summed E-state index contributed by atoms with van der Waals surface area (Å²) >= 11 is 0. The number of fused-ring (bicyclic) bond motifs is 1. The minimum absolute atomic E-state index is 0.126. The molecule has 2 aliphatic rings. The average molecular weight is 302 g/mol. The van der Waals surface area contributed by atoms with Crippen LogP contribution in [-0.2, 0) is 0 Å². The number of anilines is 1. The third-order valence-electron chi connectivity index (χ3n) is 4.21. The third kappa shape index (κ3) is 2.20. The molecule has 1 atom stereocenters. The summed E-state index contributed by atoms with van der Waals surface area (Å²) in [4.78, 5) is 26.2. The van der Waals surface area contributed by atoms with E-state index in [1.165, 1.54) is 6.07 Å². The molecular weight excluding hydrogens is 287 g/mol. The fourth-order valence-electron chi connectivity index (χ4n) is 3.17. The van der Waals surface area contributed by atoms with Gasteiger partial charge in [0.2, 0.25) is 5.95 Å². The van der Waals surface area contributed by atoms with Crippen LogP contribution in [0.15, 0.2) is 18.5 Å². The summed E-state index contributed by atoms with van der Waals surface area (Å²) in [6.07, 6.45) is 4.61. The second kappa shape index (κ2) is 4.75. The number of pyridine rings is 1. The highest BCUT2D eigenvalue weighted by molar-refractivity contribution is 5.78. The molecule has 7 nitrogen and oxygen atoms in total. The van der Waals surface area contributed by atoms with Gasteiger partial charge in [-0.05, 0) is 18.9 Å². The summed E-state index contributed by atoms with van der Waals surface area (Å²) in [5, 5.41) is 6.39. The molecule has 1 spiro atoms. The first kappa shape index (κ1) is 13.2. The highest BCUT2D eigenvalue weighted by Gasteiger charge is 2.41. The van der Waals surface area contributed by atoms with Crippen LogP contribution in [-0.4, -0.2) is 46.2 Å². The number of nitrogens with one attached hydrogen (secondary N) is 2. The van der Waals surface area contributed by atoms with Crippen molar-refractivity contribution in [3.8, 4) is 0 Å². The number of carbonyl (C=O) groups excluding carboxylic acids is 1. The predicted molar refractivity (Wildman–Crippen MR) is 78.0 cm³/mol. The van der Waals surface area contributed by atoms with E-state index in [2.05, 4.69) is 25.6 Å². The lowest BCUT2D eigenvalue weighted by Crippen LogP contribution is -2.56. The molecule has 2 aliphatic heterocycles. The van der Waals surface area contributed by atoms with E-state index in [4.69, 9.17) is 0 Å². The summed E-state index contributed by atoms with van der Waals surface area (Å²) in [6.45, 7) is 2.09. The lowest BCUT2D eigenvalue weighted by Gasteiger charge is -2.39. The molecule has 0 aliphatic carbocycles. The molecule has 22 heavy (non-hydrogen) atoms. The Morgan fingerprint density at radius 1 is 1.32 bits per heavy atom. The Morgan fingerprint density at radius 2 is 2.23 bits per heavy atom. The maximum absolute atomic E-state index is 13.2. The van der Waals surface area contributed by atoms with E-state index in [0.717, 1.165) is 25.6 Å². The number of urea groups is 1. The van der Waals surface area contributed by atoms with Gasteiger partial charge in [0.1, 0.15) is 5.82 Å². The predicted octanol–water partition coefficient (Wildman–Crippen LogP) is 0.816. The smallest absolute Gasteiger partial charge is 0.315 e. The topological polar surface area (TPSA) is 83.0 Å². The Balaban J connectivity index is 1.63. The van der Waals surface area contributed by atoms with Crippen LogP contribution in [0.2, 0.25) is 0 Å². The first-order valence-electron chi connectivity index (χ1n) is 7.23. The minimum Gasteiger partial charge on any atom is -0.338 e. The van der Waals surface area contributed by atoms with Gasteiger partial charge in [0, 0.05) is 31.2 Å². The number of halogens is 1. The van der Waals surface area contributed by atoms with Gasteiger partial charge in [0.15, 0.2) is 5.65 Å². The summed E-state index contributed by atoms with van der Waals surface area (Å²) in [5.41, 5.74) is 0.212. The highest BCUT2D eigenvalue weighted by Crippen LogP contribution is 2.26. The van der Waals surface area contributed by atoms with E-state index in [1.807, 2.05) is 4.90 Å². The van der Waals surface area contributed by atoms with Crippen LogP contribution in [0.25, 0.3) is 11.0 Å². The Bertz CT molecular complexity index is 753. The molecule has 114 valence electrons. The van der Waals surface area contributed by atoms with Crippen LogP contribution in [0.1, 0.15) is 12.8 Å². The molecule has 8 heteroatoms. The van der Waals surface area contributed by atoms with Gasteiger partial charge < -0.3 is 15.5 Å². The van der Waals surface area contributed by atoms with Crippen molar-refractivity contribution in [1.29, 1.82) is 0 Å². The Labute approximate surface area is 126 Å². The summed E-state index contributed by atoms with van der Waals surface area (Å²) < 4.78 is 13.2. The van der Waals surface area contributed by atoms with Gasteiger partial charge in [-0.3, -0.25) is 0 Å². The Kier molecular flexibility index (Phi) is 2.85. The second-order valence-electron chi connectivity index (χ2n) is 5.85. The monoisotopic (exact) mass is 302 g/mol. The molecule has 4 rings (SSSR count). The molecule has 0 bridgehead atoms. The van der Waals surface area contributed by atoms with Crippen molar-refractivity contribution in [3.63, 3.8) is 0 Å². The molecule has 0 aromatic carbocycles. The molecule has 0 saturated carbocycles. The van der Waals surface area contributed by atoms with Crippen LogP contribution in [0.4, 0.5) is 15.1 Å². The van der Waals surface area contributed by atoms with Gasteiger partial charge in [0.25, 0.3) is 0 Å². The van der Waals surface area contributed by atoms with Crippen molar-refractivity contribution in [1.82, 2.24) is 25.6 Å². The summed E-state index contributed by atoms with van der Waals surface area (Å²) in [7, 11) is 0. The second-order valence-corrected chi connectivity index (χ2v) is 5.85. The number of aromatic nitrogens is 3. The SMILES string of the molecule is O=C1NCC2(CCCN(c3ncc4cc(F)cnc4n3)C2)N1. The first-order chi connectivity index (χ1) is 10.6. The maximum atomic E-state index is 13.2. The molecule has 2 fully saturated rings. The van der Waals surface area contributed by atoms with Gasteiger partial charge in [-0.2, -0.15) is 4.98 Å². The van der Waals surface area contributed by atoms with Crippen LogP contribution in [0.3, 0.4) is 0 Å². The molecule has 0 radical (unpaired) electrons. The normalized spacial score (nSPS) is 24.6. The summed E-state index contributed by atoms with van der Waals surface area (Å²) in [5.74, 6) is 0.160. The van der Waals surface area contributed by atoms with E-state index in [9.17, 15) is 9.18 Å². The number of carbonyl (C=O) groups is 1. The van der Waals surface area contributed by atoms with Crippen LogP contribution in [0.5, 0.6) is 0 Å². The zero-order valence-electron chi connectivity index (χ0n) is 11.8. The lowest BCUT2D eigenvalue weighted by atomic mass is 9.90. The number of hydrogen-bond acceptors (Lipinski definition) is 5. The molecule has 2 aromatic heterocycles. The van der Waals surface area contributed by atoms with Gasteiger partial charge >= 0.3 is 6.03 Å². The third-order valence-corrected chi connectivity index (χ3v) is 4.21. The van der Waals surface area contributed by atoms with E-state index in [1.54, 1.807) is 6.20 Å². The number of piperidine rings is 1. The minimum atomic E-state index is -0.402. The van der Waals surface area contributed by atoms with E-state index < -0.39 is 5.82 Å². The average Bonchev–Trinajstić information content (AvgIpc) is 2.87. The van der Waals surface area contributed by atoms with Gasteiger partial charge in [-0.25, -0.2) is 19.2 Å². The Morgan fingerprint density at radius 3 is 3.05 bits per heavy atom. The van der Waals surface area contributed by atoms with E-state index in [0.29, 0.717) is 30.1 Å². The number of nitrogens with zero attached hydrogens (tertiary/aromatic N) is 4. The molecule has 2 amide bonds. The fraction of sp³-hybridized carbons (Fsp3) is 0.429. The number of hydrogen-bond donors (Lipinski definition) is 2. The van der Waals surface area contributed by atoms with E-state index >= 15 is 0 Å². The molecular formula is C14H15FN6O. The van der Waals surface area contributed by atoms with Crippen LogP contribution >= 0.6 is 0 Å².